The summed E-state index contributed by atoms with van der Waals surface area (Å²) >= 11 is 0. The molecule has 1 nitrogen and oxygen atoms in total. The van der Waals surface area contributed by atoms with Crippen molar-refractivity contribution in [2.45, 2.75) is 38.5 Å². The van der Waals surface area contributed by atoms with E-state index in [0.29, 0.717) is 6.42 Å². The lowest BCUT2D eigenvalue weighted by Crippen LogP contribution is -2.22. The van der Waals surface area contributed by atoms with Gasteiger partial charge in [-0.05, 0) is 28.2 Å². The van der Waals surface area contributed by atoms with Gasteiger partial charge in [-0.25, -0.2) is 0 Å². The van der Waals surface area contributed by atoms with Gasteiger partial charge in [-0.1, -0.05) is 62.7 Å². The summed E-state index contributed by atoms with van der Waals surface area (Å²) in [6.45, 7) is 4.36. The first-order valence-corrected chi connectivity index (χ1v) is 6.62. The third-order valence-corrected chi connectivity index (χ3v) is 3.78. The fraction of sp³-hybridized carbons (Fsp3) is 0.353. The molecule has 0 heterocycles. The van der Waals surface area contributed by atoms with Crippen LogP contribution in [0.4, 0.5) is 0 Å². The van der Waals surface area contributed by atoms with Gasteiger partial charge < -0.3 is 4.79 Å². The molecular formula is C17H20O. The Hall–Kier alpha value is -1.63. The highest BCUT2D eigenvalue weighted by atomic mass is 16.1. The number of fused-ring (bicyclic) bond motifs is 1. The first kappa shape index (κ1) is 12.8. The fourth-order valence-electron chi connectivity index (χ4n) is 2.66. The molecule has 2 rings (SSSR count). The highest BCUT2D eigenvalue weighted by Gasteiger charge is 2.25. The molecule has 94 valence electrons. The molecule has 18 heavy (non-hydrogen) atoms. The number of carbonyl (C=O) groups is 1. The van der Waals surface area contributed by atoms with Crippen LogP contribution in [0.5, 0.6) is 0 Å². The summed E-state index contributed by atoms with van der Waals surface area (Å²) in [5.41, 5.74) is 1.25. The quantitative estimate of drug-likeness (QED) is 0.704. The van der Waals surface area contributed by atoms with Gasteiger partial charge in [0.1, 0.15) is 6.29 Å². The van der Waals surface area contributed by atoms with Gasteiger partial charge in [0.25, 0.3) is 0 Å². The number of hydrogen-bond acceptors (Lipinski definition) is 1. The molecule has 2 aromatic carbocycles. The zero-order valence-corrected chi connectivity index (χ0v) is 11.1. The van der Waals surface area contributed by atoms with Crippen molar-refractivity contribution in [3.8, 4) is 0 Å². The summed E-state index contributed by atoms with van der Waals surface area (Å²) in [4.78, 5) is 10.9. The van der Waals surface area contributed by atoms with E-state index in [2.05, 4.69) is 56.3 Å². The topological polar surface area (TPSA) is 17.1 Å². The van der Waals surface area contributed by atoms with Crippen molar-refractivity contribution in [2.75, 3.05) is 0 Å². The van der Waals surface area contributed by atoms with E-state index in [1.54, 1.807) is 0 Å². The number of rotatable bonds is 5. The molecule has 0 aliphatic heterocycles. The minimum absolute atomic E-state index is 0.0273. The molecule has 0 saturated carbocycles. The van der Waals surface area contributed by atoms with Gasteiger partial charge in [-0.15, -0.1) is 0 Å². The fourth-order valence-corrected chi connectivity index (χ4v) is 2.66. The highest BCUT2D eigenvalue weighted by molar-refractivity contribution is 5.83. The Bertz CT molecular complexity index is 544. The second-order valence-corrected chi connectivity index (χ2v) is 5.24. The van der Waals surface area contributed by atoms with Crippen molar-refractivity contribution in [1.29, 1.82) is 0 Å². The average Bonchev–Trinajstić information content (AvgIpc) is 2.39. The van der Waals surface area contributed by atoms with Crippen LogP contribution in [0.15, 0.2) is 42.5 Å². The molecule has 0 aliphatic carbocycles. The molecule has 1 heteroatoms. The first-order chi connectivity index (χ1) is 8.69. The molecule has 0 bridgehead atoms. The third kappa shape index (κ3) is 2.45. The monoisotopic (exact) mass is 240 g/mol. The van der Waals surface area contributed by atoms with Crippen LogP contribution in [0.2, 0.25) is 0 Å². The Morgan fingerprint density at radius 2 is 1.83 bits per heavy atom. The number of aldehydes is 1. The van der Waals surface area contributed by atoms with E-state index < -0.39 is 0 Å². The van der Waals surface area contributed by atoms with Crippen molar-refractivity contribution in [1.82, 2.24) is 0 Å². The van der Waals surface area contributed by atoms with Gasteiger partial charge in [0.15, 0.2) is 0 Å². The molecule has 0 spiro atoms. The van der Waals surface area contributed by atoms with Crippen LogP contribution in [0, 0.1) is 0 Å². The Kier molecular flexibility index (Phi) is 3.81. The Morgan fingerprint density at radius 3 is 2.50 bits per heavy atom. The second kappa shape index (κ2) is 5.34. The number of carbonyl (C=O) groups excluding carboxylic acids is 1. The van der Waals surface area contributed by atoms with E-state index in [4.69, 9.17) is 0 Å². The van der Waals surface area contributed by atoms with E-state index in [9.17, 15) is 4.79 Å². The van der Waals surface area contributed by atoms with E-state index in [-0.39, 0.29) is 5.41 Å². The van der Waals surface area contributed by atoms with Gasteiger partial charge >= 0.3 is 0 Å². The van der Waals surface area contributed by atoms with Crippen molar-refractivity contribution >= 4 is 17.1 Å². The number of benzene rings is 2. The Balaban J connectivity index is 2.47. The molecular weight excluding hydrogens is 220 g/mol. The maximum absolute atomic E-state index is 10.9. The van der Waals surface area contributed by atoms with Crippen molar-refractivity contribution in [3.05, 3.63) is 48.0 Å². The number of hydrogen-bond donors (Lipinski definition) is 0. The molecule has 0 aromatic heterocycles. The summed E-state index contributed by atoms with van der Waals surface area (Å²) in [6, 6.07) is 14.9. The smallest absolute Gasteiger partial charge is 0.120 e. The van der Waals surface area contributed by atoms with E-state index in [1.807, 2.05) is 0 Å². The van der Waals surface area contributed by atoms with E-state index in [1.165, 1.54) is 16.3 Å². The summed E-state index contributed by atoms with van der Waals surface area (Å²) in [5.74, 6) is 0. The summed E-state index contributed by atoms with van der Waals surface area (Å²) in [6.07, 6.45) is 3.78. The Labute approximate surface area is 109 Å². The zero-order chi connectivity index (χ0) is 13.0. The lowest BCUT2D eigenvalue weighted by atomic mass is 9.76. The minimum atomic E-state index is -0.0273. The van der Waals surface area contributed by atoms with Gasteiger partial charge in [-0.2, -0.15) is 0 Å². The zero-order valence-electron chi connectivity index (χ0n) is 11.1. The maximum Gasteiger partial charge on any atom is 0.120 e. The molecule has 0 aliphatic rings. The second-order valence-electron chi connectivity index (χ2n) is 5.24. The average molecular weight is 240 g/mol. The van der Waals surface area contributed by atoms with Gasteiger partial charge in [0.05, 0.1) is 0 Å². The van der Waals surface area contributed by atoms with E-state index >= 15 is 0 Å². The summed E-state index contributed by atoms with van der Waals surface area (Å²) in [5, 5.41) is 2.51. The molecule has 0 amide bonds. The lowest BCUT2D eigenvalue weighted by Gasteiger charge is -2.28. The highest BCUT2D eigenvalue weighted by Crippen LogP contribution is 2.33. The first-order valence-electron chi connectivity index (χ1n) is 6.62. The van der Waals surface area contributed by atoms with Gasteiger partial charge in [-0.3, -0.25) is 0 Å². The van der Waals surface area contributed by atoms with Gasteiger partial charge in [0.2, 0.25) is 0 Å². The normalized spacial score (nSPS) is 14.3. The van der Waals surface area contributed by atoms with Crippen LogP contribution >= 0.6 is 0 Å². The molecule has 0 saturated heterocycles. The van der Waals surface area contributed by atoms with Crippen LogP contribution < -0.4 is 0 Å². The van der Waals surface area contributed by atoms with Crippen molar-refractivity contribution in [3.63, 3.8) is 0 Å². The van der Waals surface area contributed by atoms with Crippen LogP contribution in [0.3, 0.4) is 0 Å². The summed E-state index contributed by atoms with van der Waals surface area (Å²) < 4.78 is 0. The summed E-state index contributed by atoms with van der Waals surface area (Å²) in [7, 11) is 0. The largest absolute Gasteiger partial charge is 0.303 e. The molecule has 1 atom stereocenters. The predicted molar refractivity (Wildman–Crippen MR) is 76.9 cm³/mol. The third-order valence-electron chi connectivity index (χ3n) is 3.78. The van der Waals surface area contributed by atoms with Crippen LogP contribution in [-0.4, -0.2) is 6.29 Å². The van der Waals surface area contributed by atoms with Crippen LogP contribution in [-0.2, 0) is 10.2 Å². The maximum atomic E-state index is 10.9. The van der Waals surface area contributed by atoms with E-state index in [0.717, 1.165) is 19.1 Å². The lowest BCUT2D eigenvalue weighted by molar-refractivity contribution is -0.108. The Morgan fingerprint density at radius 1 is 1.11 bits per heavy atom. The molecule has 0 N–H and O–H groups in total. The van der Waals surface area contributed by atoms with Crippen molar-refractivity contribution in [2.24, 2.45) is 0 Å². The molecule has 2 aromatic rings. The molecule has 0 radical (unpaired) electrons. The van der Waals surface area contributed by atoms with Crippen LogP contribution in [0.1, 0.15) is 38.7 Å². The van der Waals surface area contributed by atoms with Crippen LogP contribution in [0.25, 0.3) is 10.8 Å². The van der Waals surface area contributed by atoms with Crippen molar-refractivity contribution < 1.29 is 4.79 Å². The minimum Gasteiger partial charge on any atom is -0.303 e. The predicted octanol–water partition coefficient (Wildman–Crippen LogP) is 4.49. The van der Waals surface area contributed by atoms with Gasteiger partial charge in [0, 0.05) is 6.42 Å². The SMILES string of the molecule is CCC[C@](C)(CC=O)c1ccc2ccccc2c1. The molecule has 0 unspecified atom stereocenters. The molecule has 0 fully saturated rings. The standard InChI is InChI=1S/C17H20O/c1-3-10-17(2,11-12-18)16-9-8-14-6-4-5-7-15(14)13-16/h4-9,12-13H,3,10-11H2,1-2H3/t17-/m1/s1.